The highest BCUT2D eigenvalue weighted by atomic mass is 79.9. The molecule has 27 heavy (non-hydrogen) atoms. The smallest absolute Gasteiger partial charge is 0.270 e. The Morgan fingerprint density at radius 2 is 1.93 bits per heavy atom. The minimum Gasteiger partial charge on any atom is -0.476 e. The first-order valence-electron chi connectivity index (χ1n) is 8.85. The van der Waals surface area contributed by atoms with Gasteiger partial charge in [-0.1, -0.05) is 22.0 Å². The Labute approximate surface area is 167 Å². The number of anilines is 2. The van der Waals surface area contributed by atoms with E-state index in [1.807, 2.05) is 50.2 Å². The minimum absolute atomic E-state index is 0.133. The number of ether oxygens (including phenoxy) is 1. The molecule has 0 fully saturated rings. The summed E-state index contributed by atoms with van der Waals surface area (Å²) in [5.74, 6) is 0.384. The first-order chi connectivity index (χ1) is 12.7. The van der Waals surface area contributed by atoms with Crippen molar-refractivity contribution in [2.24, 2.45) is 0 Å². The van der Waals surface area contributed by atoms with E-state index in [0.29, 0.717) is 18.0 Å². The van der Waals surface area contributed by atoms with Crippen molar-refractivity contribution in [3.8, 4) is 5.75 Å². The molecule has 0 saturated carbocycles. The number of benzene rings is 2. The van der Waals surface area contributed by atoms with Crippen molar-refractivity contribution in [3.05, 3.63) is 52.0 Å². The number of hydrogen-bond donors (Lipinski definition) is 1. The van der Waals surface area contributed by atoms with Gasteiger partial charge in [0, 0.05) is 23.1 Å². The quantitative estimate of drug-likeness (QED) is 0.770. The first kappa shape index (κ1) is 19.4. The van der Waals surface area contributed by atoms with Gasteiger partial charge >= 0.3 is 0 Å². The van der Waals surface area contributed by atoms with E-state index >= 15 is 0 Å². The topological polar surface area (TPSA) is 58.6 Å². The molecule has 0 spiro atoms. The molecule has 0 unspecified atom stereocenters. The first-order valence-corrected chi connectivity index (χ1v) is 9.64. The largest absolute Gasteiger partial charge is 0.476 e. The molecule has 2 aromatic rings. The summed E-state index contributed by atoms with van der Waals surface area (Å²) in [7, 11) is 0. The second kappa shape index (κ2) is 7.35. The van der Waals surface area contributed by atoms with Gasteiger partial charge in [0.25, 0.3) is 5.91 Å². The summed E-state index contributed by atoms with van der Waals surface area (Å²) in [4.78, 5) is 26.9. The molecule has 1 N–H and O–H groups in total. The van der Waals surface area contributed by atoms with E-state index in [9.17, 15) is 9.59 Å². The monoisotopic (exact) mass is 430 g/mol. The lowest BCUT2D eigenvalue weighted by molar-refractivity contribution is -0.132. The van der Waals surface area contributed by atoms with E-state index in [1.54, 1.807) is 18.7 Å². The maximum Gasteiger partial charge on any atom is 0.270 e. The number of carbonyl (C=O) groups is 2. The Hall–Kier alpha value is -2.34. The molecule has 6 heteroatoms. The van der Waals surface area contributed by atoms with Gasteiger partial charge in [-0.2, -0.15) is 0 Å². The van der Waals surface area contributed by atoms with Crippen LogP contribution in [-0.2, 0) is 9.59 Å². The van der Waals surface area contributed by atoms with E-state index in [1.165, 1.54) is 0 Å². The van der Waals surface area contributed by atoms with Crippen LogP contribution in [0.25, 0.3) is 0 Å². The van der Waals surface area contributed by atoms with E-state index < -0.39 is 5.60 Å². The molecule has 142 valence electrons. The molecule has 1 heterocycles. The van der Waals surface area contributed by atoms with Crippen LogP contribution in [0.4, 0.5) is 11.4 Å². The van der Waals surface area contributed by atoms with E-state index in [0.717, 1.165) is 21.3 Å². The van der Waals surface area contributed by atoms with Crippen LogP contribution in [-0.4, -0.2) is 24.0 Å². The number of hydrogen-bond acceptors (Lipinski definition) is 3. The zero-order valence-corrected chi connectivity index (χ0v) is 17.5. The Balaban J connectivity index is 1.75. The van der Waals surface area contributed by atoms with Gasteiger partial charge < -0.3 is 15.0 Å². The maximum absolute atomic E-state index is 12.8. The average Bonchev–Trinajstić information content (AvgIpc) is 2.58. The molecule has 2 amide bonds. The summed E-state index contributed by atoms with van der Waals surface area (Å²) >= 11 is 3.42. The second-order valence-corrected chi connectivity index (χ2v) is 8.21. The molecule has 0 aliphatic carbocycles. The zero-order chi connectivity index (χ0) is 19.8. The van der Waals surface area contributed by atoms with Gasteiger partial charge in [-0.15, -0.1) is 0 Å². The molecule has 0 aromatic heterocycles. The van der Waals surface area contributed by atoms with Crippen molar-refractivity contribution in [2.75, 3.05) is 16.8 Å². The number of fused-ring (bicyclic) bond motifs is 1. The second-order valence-electron chi connectivity index (χ2n) is 7.30. The molecule has 3 rings (SSSR count). The maximum atomic E-state index is 12.8. The summed E-state index contributed by atoms with van der Waals surface area (Å²) in [6.07, 6.45) is 0.199. The molecule has 1 aliphatic rings. The van der Waals surface area contributed by atoms with E-state index in [4.69, 9.17) is 4.74 Å². The highest BCUT2D eigenvalue weighted by molar-refractivity contribution is 9.10. The van der Waals surface area contributed by atoms with Gasteiger partial charge in [0.1, 0.15) is 5.75 Å². The third-order valence-corrected chi connectivity index (χ3v) is 5.05. The van der Waals surface area contributed by atoms with Crippen LogP contribution in [0, 0.1) is 13.8 Å². The molecule has 0 bridgehead atoms. The SMILES string of the molecule is Cc1ccc2c(c1)N(CCC(=O)Nc1ccc(Br)cc1C)C(=O)C(C)(C)O2. The van der Waals surface area contributed by atoms with Crippen molar-refractivity contribution in [2.45, 2.75) is 39.7 Å². The standard InChI is InChI=1S/C21H23BrN2O3/c1-13-5-8-18-17(11-13)24(20(26)21(3,4)27-18)10-9-19(25)23-16-7-6-15(22)12-14(16)2/h5-8,11-12H,9-10H2,1-4H3,(H,23,25). The van der Waals surface area contributed by atoms with Crippen molar-refractivity contribution in [1.29, 1.82) is 0 Å². The third kappa shape index (κ3) is 4.16. The number of amides is 2. The summed E-state index contributed by atoms with van der Waals surface area (Å²) in [6.45, 7) is 7.69. The van der Waals surface area contributed by atoms with Gasteiger partial charge in [0.2, 0.25) is 5.91 Å². The Bertz CT molecular complexity index is 908. The summed E-state index contributed by atoms with van der Waals surface area (Å²) < 4.78 is 6.81. The molecular weight excluding hydrogens is 408 g/mol. The fourth-order valence-corrected chi connectivity index (χ4v) is 3.57. The lowest BCUT2D eigenvalue weighted by atomic mass is 10.0. The predicted octanol–water partition coefficient (Wildman–Crippen LogP) is 4.60. The fraction of sp³-hybridized carbons (Fsp3) is 0.333. The number of nitrogens with one attached hydrogen (secondary N) is 1. The number of nitrogens with zero attached hydrogens (tertiary/aromatic N) is 1. The number of rotatable bonds is 4. The van der Waals surface area contributed by atoms with Crippen LogP contribution in [0.5, 0.6) is 5.75 Å². The Morgan fingerprint density at radius 1 is 1.19 bits per heavy atom. The van der Waals surface area contributed by atoms with Gasteiger partial charge in [-0.3, -0.25) is 9.59 Å². The average molecular weight is 431 g/mol. The normalized spacial score (nSPS) is 15.1. The van der Waals surface area contributed by atoms with Gasteiger partial charge in [-0.25, -0.2) is 0 Å². The van der Waals surface area contributed by atoms with Gasteiger partial charge in [0.05, 0.1) is 5.69 Å². The van der Waals surface area contributed by atoms with Crippen LogP contribution < -0.4 is 15.0 Å². The van der Waals surface area contributed by atoms with E-state index in [-0.39, 0.29) is 18.2 Å². The van der Waals surface area contributed by atoms with Crippen LogP contribution in [0.3, 0.4) is 0 Å². The summed E-state index contributed by atoms with van der Waals surface area (Å²) in [5.41, 5.74) is 2.54. The van der Waals surface area contributed by atoms with Crippen molar-refractivity contribution < 1.29 is 14.3 Å². The zero-order valence-electron chi connectivity index (χ0n) is 15.9. The van der Waals surface area contributed by atoms with Gasteiger partial charge in [0.15, 0.2) is 5.60 Å². The van der Waals surface area contributed by atoms with Crippen molar-refractivity contribution in [1.82, 2.24) is 0 Å². The van der Waals surface area contributed by atoms with Gasteiger partial charge in [-0.05, 0) is 69.2 Å². The Kier molecular flexibility index (Phi) is 5.29. The highest BCUT2D eigenvalue weighted by Gasteiger charge is 2.40. The fourth-order valence-electron chi connectivity index (χ4n) is 3.09. The molecule has 5 nitrogen and oxygen atoms in total. The van der Waals surface area contributed by atoms with Crippen LogP contribution in [0.1, 0.15) is 31.4 Å². The molecule has 0 radical (unpaired) electrons. The highest BCUT2D eigenvalue weighted by Crippen LogP contribution is 2.38. The summed E-state index contributed by atoms with van der Waals surface area (Å²) in [6, 6.07) is 11.4. The lowest BCUT2D eigenvalue weighted by Gasteiger charge is -2.38. The van der Waals surface area contributed by atoms with E-state index in [2.05, 4.69) is 21.2 Å². The summed E-state index contributed by atoms with van der Waals surface area (Å²) in [5, 5.41) is 2.92. The lowest BCUT2D eigenvalue weighted by Crippen LogP contribution is -2.53. The third-order valence-electron chi connectivity index (χ3n) is 4.56. The molecule has 1 aliphatic heterocycles. The molecule has 2 aromatic carbocycles. The number of aryl methyl sites for hydroxylation is 2. The van der Waals surface area contributed by atoms with Crippen molar-refractivity contribution >= 4 is 39.1 Å². The number of carbonyl (C=O) groups excluding carboxylic acids is 2. The van der Waals surface area contributed by atoms with Crippen LogP contribution in [0.15, 0.2) is 40.9 Å². The number of halogens is 1. The molecule has 0 atom stereocenters. The van der Waals surface area contributed by atoms with Crippen LogP contribution in [0.2, 0.25) is 0 Å². The molecule has 0 saturated heterocycles. The van der Waals surface area contributed by atoms with Crippen LogP contribution >= 0.6 is 15.9 Å². The molecular formula is C21H23BrN2O3. The van der Waals surface area contributed by atoms with Crippen molar-refractivity contribution in [3.63, 3.8) is 0 Å². The predicted molar refractivity (Wildman–Crippen MR) is 110 cm³/mol. The minimum atomic E-state index is -0.957. The Morgan fingerprint density at radius 3 is 2.63 bits per heavy atom.